The van der Waals surface area contributed by atoms with Gasteiger partial charge in [0.1, 0.15) is 12.4 Å². The first-order valence-electron chi connectivity index (χ1n) is 10.8. The van der Waals surface area contributed by atoms with Crippen LogP contribution in [-0.2, 0) is 43.8 Å². The lowest BCUT2D eigenvalue weighted by Gasteiger charge is -2.29. The van der Waals surface area contributed by atoms with Crippen molar-refractivity contribution in [2.75, 3.05) is 6.54 Å². The van der Waals surface area contributed by atoms with Crippen molar-refractivity contribution < 1.29 is 4.79 Å². The smallest absolute Gasteiger partial charge is 0.257 e. The Morgan fingerprint density at radius 3 is 2.77 bits per heavy atom. The van der Waals surface area contributed by atoms with E-state index in [0.717, 1.165) is 35.6 Å². The van der Waals surface area contributed by atoms with Gasteiger partial charge in [-0.25, -0.2) is 4.98 Å². The second-order valence-electron chi connectivity index (χ2n) is 7.90. The van der Waals surface area contributed by atoms with E-state index in [-0.39, 0.29) is 18.0 Å². The van der Waals surface area contributed by atoms with Gasteiger partial charge >= 0.3 is 0 Å². The van der Waals surface area contributed by atoms with Crippen molar-refractivity contribution in [2.45, 2.75) is 52.4 Å². The van der Waals surface area contributed by atoms with Crippen LogP contribution in [0.5, 0.6) is 0 Å². The summed E-state index contributed by atoms with van der Waals surface area (Å²) in [5.74, 6) is 0.551. The number of amides is 1. The predicted octanol–water partition coefficient (Wildman–Crippen LogP) is 3.13. The molecule has 0 bridgehead atoms. The fraction of sp³-hybridized carbons (Fsp3) is 0.375. The van der Waals surface area contributed by atoms with Crippen molar-refractivity contribution >= 4 is 17.2 Å². The van der Waals surface area contributed by atoms with Gasteiger partial charge in [0, 0.05) is 36.5 Å². The summed E-state index contributed by atoms with van der Waals surface area (Å²) in [5.41, 5.74) is 2.83. The highest BCUT2D eigenvalue weighted by Gasteiger charge is 2.24. The molecule has 0 atom stereocenters. The third kappa shape index (κ3) is 5.29. The lowest BCUT2D eigenvalue weighted by molar-refractivity contribution is -0.121. The maximum Gasteiger partial charge on any atom is 0.257 e. The van der Waals surface area contributed by atoms with E-state index in [1.54, 1.807) is 15.9 Å². The van der Waals surface area contributed by atoms with Gasteiger partial charge in [0.25, 0.3) is 5.56 Å². The van der Waals surface area contributed by atoms with Gasteiger partial charge in [-0.15, -0.1) is 11.3 Å². The molecule has 0 aliphatic carbocycles. The molecular formula is C24H28N4O2S. The van der Waals surface area contributed by atoms with Gasteiger partial charge in [-0.05, 0) is 29.9 Å². The molecule has 1 N–H and O–H groups in total. The maximum atomic E-state index is 13.3. The molecule has 0 radical (unpaired) electrons. The van der Waals surface area contributed by atoms with Crippen LogP contribution in [0.1, 0.15) is 40.9 Å². The number of benzene rings is 1. The zero-order chi connectivity index (χ0) is 21.6. The topological polar surface area (TPSA) is 67.2 Å². The van der Waals surface area contributed by atoms with Crippen LogP contribution in [0.2, 0.25) is 0 Å². The van der Waals surface area contributed by atoms with E-state index < -0.39 is 0 Å². The Kier molecular flexibility index (Phi) is 6.94. The number of rotatable bonds is 8. The third-order valence-corrected chi connectivity index (χ3v) is 6.42. The molecule has 0 spiro atoms. The fourth-order valence-electron chi connectivity index (χ4n) is 3.98. The summed E-state index contributed by atoms with van der Waals surface area (Å²) in [5, 5.41) is 4.91. The largest absolute Gasteiger partial charge is 0.350 e. The van der Waals surface area contributed by atoms with E-state index in [4.69, 9.17) is 4.98 Å². The molecule has 0 fully saturated rings. The first-order valence-corrected chi connectivity index (χ1v) is 11.7. The summed E-state index contributed by atoms with van der Waals surface area (Å²) in [6, 6.07) is 14.3. The molecule has 3 heterocycles. The van der Waals surface area contributed by atoms with Crippen LogP contribution in [0.4, 0.5) is 0 Å². The molecule has 7 heteroatoms. The Balaban J connectivity index is 1.51. The number of fused-ring (bicyclic) bond motifs is 1. The standard InChI is InChI=1S/C24H28N4O2S/c1-2-7-22-26-21-16-27(15-18-8-4-3-5-9-18)12-11-20(21)24(30)28(22)17-23(29)25-14-19-10-6-13-31-19/h3-6,8-10,13H,2,7,11-12,14-17H2,1H3,(H,25,29). The van der Waals surface area contributed by atoms with Gasteiger partial charge < -0.3 is 5.32 Å². The summed E-state index contributed by atoms with van der Waals surface area (Å²) in [4.78, 5) is 34.1. The minimum Gasteiger partial charge on any atom is -0.350 e. The van der Waals surface area contributed by atoms with E-state index >= 15 is 0 Å². The van der Waals surface area contributed by atoms with E-state index in [2.05, 4.69) is 29.3 Å². The van der Waals surface area contributed by atoms with Crippen molar-refractivity contribution in [3.63, 3.8) is 0 Å². The molecule has 0 saturated carbocycles. The number of nitrogens with one attached hydrogen (secondary N) is 1. The van der Waals surface area contributed by atoms with Crippen LogP contribution >= 0.6 is 11.3 Å². The molecule has 1 aromatic carbocycles. The summed E-state index contributed by atoms with van der Waals surface area (Å²) in [6.07, 6.45) is 2.21. The van der Waals surface area contributed by atoms with Crippen molar-refractivity contribution in [3.8, 4) is 0 Å². The number of hydrogen-bond acceptors (Lipinski definition) is 5. The molecule has 1 aliphatic heterocycles. The van der Waals surface area contributed by atoms with Crippen LogP contribution in [0.25, 0.3) is 0 Å². The average molecular weight is 437 g/mol. The molecule has 3 aromatic rings. The average Bonchev–Trinajstić information content (AvgIpc) is 3.29. The molecular weight excluding hydrogens is 408 g/mol. The lowest BCUT2D eigenvalue weighted by Crippen LogP contribution is -2.40. The normalized spacial score (nSPS) is 13.7. The number of carbonyl (C=O) groups is 1. The van der Waals surface area contributed by atoms with Crippen LogP contribution in [0.15, 0.2) is 52.6 Å². The van der Waals surface area contributed by atoms with E-state index in [1.165, 1.54) is 5.56 Å². The lowest BCUT2D eigenvalue weighted by atomic mass is 10.0. The monoisotopic (exact) mass is 436 g/mol. The van der Waals surface area contributed by atoms with Crippen molar-refractivity contribution in [1.29, 1.82) is 0 Å². The van der Waals surface area contributed by atoms with E-state index in [0.29, 0.717) is 31.8 Å². The second kappa shape index (κ2) is 10.0. The summed E-state index contributed by atoms with van der Waals surface area (Å²) >= 11 is 1.60. The van der Waals surface area contributed by atoms with Crippen LogP contribution in [0, 0.1) is 0 Å². The van der Waals surface area contributed by atoms with Gasteiger partial charge in [0.2, 0.25) is 5.91 Å². The van der Waals surface area contributed by atoms with Crippen molar-refractivity contribution in [2.24, 2.45) is 0 Å². The molecule has 1 amide bonds. The molecule has 0 saturated heterocycles. The number of hydrogen-bond donors (Lipinski definition) is 1. The van der Waals surface area contributed by atoms with Gasteiger partial charge in [-0.3, -0.25) is 19.1 Å². The van der Waals surface area contributed by atoms with Crippen LogP contribution in [0.3, 0.4) is 0 Å². The number of carbonyl (C=O) groups excluding carboxylic acids is 1. The molecule has 31 heavy (non-hydrogen) atoms. The van der Waals surface area contributed by atoms with E-state index in [1.807, 2.05) is 35.7 Å². The molecule has 1 aliphatic rings. The highest BCUT2D eigenvalue weighted by molar-refractivity contribution is 7.09. The Morgan fingerprint density at radius 2 is 2.03 bits per heavy atom. The van der Waals surface area contributed by atoms with Gasteiger partial charge in [-0.1, -0.05) is 43.3 Å². The van der Waals surface area contributed by atoms with Gasteiger partial charge in [-0.2, -0.15) is 0 Å². The van der Waals surface area contributed by atoms with Gasteiger partial charge in [0.05, 0.1) is 12.2 Å². The van der Waals surface area contributed by atoms with Crippen LogP contribution in [-0.4, -0.2) is 26.9 Å². The van der Waals surface area contributed by atoms with Gasteiger partial charge in [0.15, 0.2) is 0 Å². The molecule has 6 nitrogen and oxygen atoms in total. The molecule has 162 valence electrons. The highest BCUT2D eigenvalue weighted by Crippen LogP contribution is 2.18. The first-order chi connectivity index (χ1) is 15.1. The minimum absolute atomic E-state index is 0.0214. The Hall–Kier alpha value is -2.77. The quantitative estimate of drug-likeness (QED) is 0.589. The van der Waals surface area contributed by atoms with E-state index in [9.17, 15) is 9.59 Å². The second-order valence-corrected chi connectivity index (χ2v) is 8.93. The fourth-order valence-corrected chi connectivity index (χ4v) is 4.63. The maximum absolute atomic E-state index is 13.3. The summed E-state index contributed by atoms with van der Waals surface area (Å²) in [6.45, 7) is 4.90. The number of aromatic nitrogens is 2. The summed E-state index contributed by atoms with van der Waals surface area (Å²) < 4.78 is 1.58. The highest BCUT2D eigenvalue weighted by atomic mass is 32.1. The summed E-state index contributed by atoms with van der Waals surface area (Å²) in [7, 11) is 0. The molecule has 4 rings (SSSR count). The predicted molar refractivity (Wildman–Crippen MR) is 123 cm³/mol. The number of aryl methyl sites for hydroxylation is 1. The van der Waals surface area contributed by atoms with Crippen LogP contribution < -0.4 is 10.9 Å². The minimum atomic E-state index is -0.156. The SMILES string of the molecule is CCCc1nc2c(c(=O)n1CC(=O)NCc1cccs1)CCN(Cc1ccccc1)C2. The first kappa shape index (κ1) is 21.5. The third-order valence-electron chi connectivity index (χ3n) is 5.54. The number of nitrogens with zero attached hydrogens (tertiary/aromatic N) is 3. The Morgan fingerprint density at radius 1 is 1.19 bits per heavy atom. The molecule has 2 aromatic heterocycles. The Labute approximate surface area is 186 Å². The zero-order valence-corrected chi connectivity index (χ0v) is 18.7. The Bertz CT molecular complexity index is 1080. The van der Waals surface area contributed by atoms with Crippen molar-refractivity contribution in [1.82, 2.24) is 19.8 Å². The number of thiophene rings is 1. The van der Waals surface area contributed by atoms with Crippen molar-refractivity contribution in [3.05, 3.63) is 85.7 Å². The molecule has 0 unspecified atom stereocenters. The zero-order valence-electron chi connectivity index (χ0n) is 17.8.